The fourth-order valence-electron chi connectivity index (χ4n) is 3.31. The van der Waals surface area contributed by atoms with Crippen molar-refractivity contribution >= 4 is 27.3 Å². The van der Waals surface area contributed by atoms with Gasteiger partial charge in [0.05, 0.1) is 17.1 Å². The molecule has 4 aromatic rings. The van der Waals surface area contributed by atoms with Crippen molar-refractivity contribution in [1.29, 1.82) is 0 Å². The minimum Gasteiger partial charge on any atom is -0.322 e. The van der Waals surface area contributed by atoms with E-state index in [1.807, 2.05) is 48.5 Å². The van der Waals surface area contributed by atoms with Gasteiger partial charge in [-0.25, -0.2) is 8.42 Å². The summed E-state index contributed by atoms with van der Waals surface area (Å²) in [5.41, 5.74) is 2.29. The lowest BCUT2D eigenvalue weighted by molar-refractivity contribution is 0.102. The second kappa shape index (κ2) is 9.49. The van der Waals surface area contributed by atoms with E-state index in [-0.39, 0.29) is 17.3 Å². The van der Waals surface area contributed by atoms with Crippen LogP contribution in [0.25, 0.3) is 0 Å². The fraction of sp³-hybridized carbons (Fsp3) is 0.0385. The summed E-state index contributed by atoms with van der Waals surface area (Å²) in [5.74, 6) is -0.310. The number of anilines is 2. The van der Waals surface area contributed by atoms with Crippen LogP contribution in [-0.4, -0.2) is 14.3 Å². The van der Waals surface area contributed by atoms with Crippen LogP contribution in [0.4, 0.5) is 11.4 Å². The summed E-state index contributed by atoms with van der Waals surface area (Å²) in [6.45, 7) is 0.141. The van der Waals surface area contributed by atoms with Crippen LogP contribution in [0.15, 0.2) is 120 Å². The summed E-state index contributed by atoms with van der Waals surface area (Å²) in [6.07, 6.45) is 0. The zero-order valence-electron chi connectivity index (χ0n) is 17.3. The van der Waals surface area contributed by atoms with E-state index in [4.69, 9.17) is 0 Å². The lowest BCUT2D eigenvalue weighted by Crippen LogP contribution is -2.30. The molecule has 0 spiro atoms. The highest BCUT2D eigenvalue weighted by Crippen LogP contribution is 2.27. The Balaban J connectivity index is 1.71. The molecule has 0 saturated heterocycles. The summed E-state index contributed by atoms with van der Waals surface area (Å²) in [4.78, 5) is 13.0. The number of hydrogen-bond donors (Lipinski definition) is 1. The Labute approximate surface area is 188 Å². The highest BCUT2D eigenvalue weighted by atomic mass is 32.2. The Kier molecular flexibility index (Phi) is 6.33. The second-order valence-electron chi connectivity index (χ2n) is 7.18. The van der Waals surface area contributed by atoms with Gasteiger partial charge in [-0.15, -0.1) is 0 Å². The molecule has 160 valence electrons. The van der Waals surface area contributed by atoms with E-state index in [2.05, 4.69) is 5.32 Å². The number of carbonyl (C=O) groups is 1. The molecule has 0 unspecified atom stereocenters. The van der Waals surface area contributed by atoms with Crippen LogP contribution >= 0.6 is 0 Å². The molecule has 0 aliphatic rings. The molecule has 0 aliphatic carbocycles. The topological polar surface area (TPSA) is 66.5 Å². The Morgan fingerprint density at radius 3 is 1.97 bits per heavy atom. The number of benzene rings is 4. The second-order valence-corrected chi connectivity index (χ2v) is 9.04. The molecule has 4 aromatic carbocycles. The Bertz CT molecular complexity index is 1290. The number of nitrogens with zero attached hydrogens (tertiary/aromatic N) is 1. The summed E-state index contributed by atoms with van der Waals surface area (Å²) in [6, 6.07) is 33.4. The van der Waals surface area contributed by atoms with Crippen molar-refractivity contribution < 1.29 is 13.2 Å². The van der Waals surface area contributed by atoms with E-state index in [0.717, 1.165) is 5.56 Å². The first-order chi connectivity index (χ1) is 15.5. The molecule has 0 heterocycles. The van der Waals surface area contributed by atoms with Crippen molar-refractivity contribution in [2.45, 2.75) is 11.4 Å². The molecule has 4 rings (SSSR count). The van der Waals surface area contributed by atoms with Crippen LogP contribution in [0.1, 0.15) is 15.9 Å². The van der Waals surface area contributed by atoms with Crippen LogP contribution in [-0.2, 0) is 16.6 Å². The molecular weight excluding hydrogens is 420 g/mol. The van der Waals surface area contributed by atoms with E-state index in [9.17, 15) is 13.2 Å². The predicted octanol–water partition coefficient (Wildman–Crippen LogP) is 5.33. The Hall–Kier alpha value is -3.90. The SMILES string of the molecule is O=C(Nc1ccccc1)c1cccc(N(Cc2ccccc2)S(=O)(=O)c2ccccc2)c1. The highest BCUT2D eigenvalue weighted by Gasteiger charge is 2.25. The maximum Gasteiger partial charge on any atom is 0.264 e. The molecular formula is C26H22N2O3S. The van der Waals surface area contributed by atoms with Crippen molar-refractivity contribution in [3.63, 3.8) is 0 Å². The average molecular weight is 443 g/mol. The molecule has 0 fully saturated rings. The molecule has 6 heteroatoms. The number of nitrogens with one attached hydrogen (secondary N) is 1. The smallest absolute Gasteiger partial charge is 0.264 e. The third kappa shape index (κ3) is 4.87. The van der Waals surface area contributed by atoms with Crippen molar-refractivity contribution in [3.8, 4) is 0 Å². The zero-order chi connectivity index (χ0) is 22.4. The summed E-state index contributed by atoms with van der Waals surface area (Å²) < 4.78 is 28.4. The molecule has 5 nitrogen and oxygen atoms in total. The van der Waals surface area contributed by atoms with E-state index in [0.29, 0.717) is 16.9 Å². The number of amides is 1. The minimum atomic E-state index is -3.85. The first-order valence-electron chi connectivity index (χ1n) is 10.1. The Morgan fingerprint density at radius 2 is 1.31 bits per heavy atom. The molecule has 0 radical (unpaired) electrons. The van der Waals surface area contributed by atoms with Crippen LogP contribution in [0, 0.1) is 0 Å². The fourth-order valence-corrected chi connectivity index (χ4v) is 4.78. The number of para-hydroxylation sites is 1. The van der Waals surface area contributed by atoms with E-state index in [1.54, 1.807) is 66.7 Å². The molecule has 0 saturated carbocycles. The quantitative estimate of drug-likeness (QED) is 0.420. The van der Waals surface area contributed by atoms with Gasteiger partial charge in [-0.05, 0) is 48.0 Å². The molecule has 0 bridgehead atoms. The number of sulfonamides is 1. The summed E-state index contributed by atoms with van der Waals surface area (Å²) in [7, 11) is -3.85. The molecule has 32 heavy (non-hydrogen) atoms. The number of hydrogen-bond acceptors (Lipinski definition) is 3. The van der Waals surface area contributed by atoms with Gasteiger partial charge in [0, 0.05) is 11.3 Å². The average Bonchev–Trinajstić information content (AvgIpc) is 2.84. The van der Waals surface area contributed by atoms with Gasteiger partial charge in [-0.2, -0.15) is 0 Å². The van der Waals surface area contributed by atoms with Gasteiger partial charge in [0.1, 0.15) is 0 Å². The first kappa shape index (κ1) is 21.3. The standard InChI is InChI=1S/C26H22N2O3S/c29-26(27-23-14-6-2-7-15-23)22-13-10-16-24(19-22)28(20-21-11-4-1-5-12-21)32(30,31)25-17-8-3-9-18-25/h1-19H,20H2,(H,27,29). The lowest BCUT2D eigenvalue weighted by Gasteiger charge is -2.25. The Morgan fingerprint density at radius 1 is 0.719 bits per heavy atom. The number of carbonyl (C=O) groups excluding carboxylic acids is 1. The summed E-state index contributed by atoms with van der Waals surface area (Å²) >= 11 is 0. The van der Waals surface area contributed by atoms with Crippen molar-refractivity contribution in [1.82, 2.24) is 0 Å². The van der Waals surface area contributed by atoms with E-state index >= 15 is 0 Å². The minimum absolute atomic E-state index is 0.141. The summed E-state index contributed by atoms with van der Waals surface area (Å²) in [5, 5.41) is 2.84. The van der Waals surface area contributed by atoms with E-state index in [1.165, 1.54) is 4.31 Å². The molecule has 0 atom stereocenters. The van der Waals surface area contributed by atoms with Crippen molar-refractivity contribution in [2.75, 3.05) is 9.62 Å². The van der Waals surface area contributed by atoms with Gasteiger partial charge in [0.25, 0.3) is 15.9 Å². The monoisotopic (exact) mass is 442 g/mol. The third-order valence-electron chi connectivity index (χ3n) is 4.93. The van der Waals surface area contributed by atoms with Crippen LogP contribution in [0.2, 0.25) is 0 Å². The molecule has 1 N–H and O–H groups in total. The third-order valence-corrected chi connectivity index (χ3v) is 6.72. The molecule has 0 aliphatic heterocycles. The lowest BCUT2D eigenvalue weighted by atomic mass is 10.1. The maximum atomic E-state index is 13.5. The zero-order valence-corrected chi connectivity index (χ0v) is 18.1. The van der Waals surface area contributed by atoms with Crippen LogP contribution < -0.4 is 9.62 Å². The van der Waals surface area contributed by atoms with Crippen LogP contribution in [0.3, 0.4) is 0 Å². The predicted molar refractivity (Wildman–Crippen MR) is 127 cm³/mol. The van der Waals surface area contributed by atoms with Gasteiger partial charge < -0.3 is 5.32 Å². The van der Waals surface area contributed by atoms with Gasteiger partial charge in [-0.1, -0.05) is 72.8 Å². The van der Waals surface area contributed by atoms with Gasteiger partial charge in [0.2, 0.25) is 0 Å². The van der Waals surface area contributed by atoms with Gasteiger partial charge >= 0.3 is 0 Å². The van der Waals surface area contributed by atoms with Crippen LogP contribution in [0.5, 0.6) is 0 Å². The van der Waals surface area contributed by atoms with Crippen molar-refractivity contribution in [2.24, 2.45) is 0 Å². The van der Waals surface area contributed by atoms with Gasteiger partial charge in [0.15, 0.2) is 0 Å². The number of rotatable bonds is 7. The van der Waals surface area contributed by atoms with E-state index < -0.39 is 10.0 Å². The largest absolute Gasteiger partial charge is 0.322 e. The maximum absolute atomic E-state index is 13.5. The molecule has 0 aromatic heterocycles. The first-order valence-corrected chi connectivity index (χ1v) is 11.6. The normalized spacial score (nSPS) is 11.0. The molecule has 1 amide bonds. The van der Waals surface area contributed by atoms with Gasteiger partial charge in [-0.3, -0.25) is 9.10 Å². The highest BCUT2D eigenvalue weighted by molar-refractivity contribution is 7.92. The van der Waals surface area contributed by atoms with Crippen molar-refractivity contribution in [3.05, 3.63) is 126 Å².